The highest BCUT2D eigenvalue weighted by Crippen LogP contribution is 2.06. The van der Waals surface area contributed by atoms with E-state index in [-0.39, 0.29) is 12.8 Å². The van der Waals surface area contributed by atoms with Crippen LogP contribution in [0.3, 0.4) is 0 Å². The molecule has 0 spiro atoms. The summed E-state index contributed by atoms with van der Waals surface area (Å²) in [5, 5.41) is 0. The van der Waals surface area contributed by atoms with Gasteiger partial charge in [-0.05, 0) is 19.3 Å². The number of hydrogen-bond donors (Lipinski definition) is 1. The minimum absolute atomic E-state index is 0.0241. The van der Waals surface area contributed by atoms with Crippen LogP contribution in [0.1, 0.15) is 19.3 Å². The number of rotatable bonds is 6. The maximum Gasteiger partial charge on any atom is 0.267 e. The molecule has 1 N–H and O–H groups in total. The van der Waals surface area contributed by atoms with Crippen molar-refractivity contribution >= 4 is 10.1 Å². The minimum Gasteiger partial charge on any atom is -0.285 e. The molecule has 0 rings (SSSR count). The fourth-order valence-corrected chi connectivity index (χ4v) is 1.40. The highest BCUT2D eigenvalue weighted by molar-refractivity contribution is 7.85. The van der Waals surface area contributed by atoms with E-state index in [1.807, 2.05) is 0 Å². The van der Waals surface area contributed by atoms with Crippen LogP contribution in [0, 0.1) is 0 Å². The van der Waals surface area contributed by atoms with Crippen LogP contribution in [0.2, 0.25) is 0 Å². The summed E-state index contributed by atoms with van der Waals surface area (Å²) in [7, 11) is -4.23. The monoisotopic (exact) mass is 202 g/mol. The standard InChI is InChI=1S/C6H12F2O3S/c7-4-2-1-3-6(8)5-12(9,10)11/h6H,1-5H2,(H,9,10,11). The summed E-state index contributed by atoms with van der Waals surface area (Å²) in [5.74, 6) is -0.890. The molecule has 3 nitrogen and oxygen atoms in total. The third kappa shape index (κ3) is 7.87. The second-order valence-electron chi connectivity index (χ2n) is 2.53. The average Bonchev–Trinajstić information content (AvgIpc) is 1.84. The SMILES string of the molecule is O=S(=O)(O)CC(F)CCCCF. The van der Waals surface area contributed by atoms with Gasteiger partial charge in [0.05, 0.1) is 6.67 Å². The molecule has 0 aliphatic rings. The van der Waals surface area contributed by atoms with Crippen molar-refractivity contribution in [1.82, 2.24) is 0 Å². The molecule has 0 bridgehead atoms. The molecule has 12 heavy (non-hydrogen) atoms. The van der Waals surface area contributed by atoms with Crippen molar-refractivity contribution in [1.29, 1.82) is 0 Å². The van der Waals surface area contributed by atoms with Crippen molar-refractivity contribution < 1.29 is 21.8 Å². The molecular weight excluding hydrogens is 190 g/mol. The Balaban J connectivity index is 3.53. The molecule has 0 aromatic heterocycles. The summed E-state index contributed by atoms with van der Waals surface area (Å²) in [6.07, 6.45) is -1.09. The highest BCUT2D eigenvalue weighted by atomic mass is 32.2. The van der Waals surface area contributed by atoms with Crippen LogP contribution in [0.15, 0.2) is 0 Å². The van der Waals surface area contributed by atoms with Gasteiger partial charge >= 0.3 is 0 Å². The maximum atomic E-state index is 12.6. The topological polar surface area (TPSA) is 54.4 Å². The van der Waals surface area contributed by atoms with E-state index in [1.165, 1.54) is 0 Å². The Labute approximate surface area is 70.5 Å². The van der Waals surface area contributed by atoms with Gasteiger partial charge in [-0.3, -0.25) is 8.94 Å². The zero-order valence-electron chi connectivity index (χ0n) is 6.54. The van der Waals surface area contributed by atoms with Crippen LogP contribution in [0.25, 0.3) is 0 Å². The van der Waals surface area contributed by atoms with Gasteiger partial charge < -0.3 is 0 Å². The molecule has 0 saturated carbocycles. The van der Waals surface area contributed by atoms with Crippen molar-refractivity contribution in [2.75, 3.05) is 12.4 Å². The third-order valence-electron chi connectivity index (χ3n) is 1.29. The van der Waals surface area contributed by atoms with Crippen molar-refractivity contribution in [3.63, 3.8) is 0 Å². The van der Waals surface area contributed by atoms with Crippen molar-refractivity contribution in [3.8, 4) is 0 Å². The smallest absolute Gasteiger partial charge is 0.267 e. The van der Waals surface area contributed by atoms with Gasteiger partial charge in [0.1, 0.15) is 11.9 Å². The van der Waals surface area contributed by atoms with Gasteiger partial charge in [-0.15, -0.1) is 0 Å². The van der Waals surface area contributed by atoms with Crippen molar-refractivity contribution in [2.45, 2.75) is 25.4 Å². The third-order valence-corrected chi connectivity index (χ3v) is 2.08. The predicted molar refractivity (Wildman–Crippen MR) is 41.1 cm³/mol. The van der Waals surface area contributed by atoms with Crippen LogP contribution in [0.5, 0.6) is 0 Å². The lowest BCUT2D eigenvalue weighted by Gasteiger charge is -2.03. The highest BCUT2D eigenvalue weighted by Gasteiger charge is 2.14. The molecule has 1 unspecified atom stereocenters. The number of alkyl halides is 2. The lowest BCUT2D eigenvalue weighted by Crippen LogP contribution is -2.16. The molecule has 0 fully saturated rings. The van der Waals surface area contributed by atoms with Crippen molar-refractivity contribution in [3.05, 3.63) is 0 Å². The molecule has 0 aliphatic heterocycles. The molecule has 0 aliphatic carbocycles. The van der Waals surface area contributed by atoms with Gasteiger partial charge in [-0.25, -0.2) is 4.39 Å². The molecule has 6 heteroatoms. The summed E-state index contributed by atoms with van der Waals surface area (Å²) in [6, 6.07) is 0. The number of unbranched alkanes of at least 4 members (excludes halogenated alkanes) is 1. The lowest BCUT2D eigenvalue weighted by atomic mass is 10.2. The summed E-state index contributed by atoms with van der Waals surface area (Å²) in [6.45, 7) is -0.529. The van der Waals surface area contributed by atoms with Gasteiger partial charge in [0.25, 0.3) is 10.1 Å². The fourth-order valence-electron chi connectivity index (χ4n) is 0.772. The van der Waals surface area contributed by atoms with Gasteiger partial charge in [0, 0.05) is 0 Å². The van der Waals surface area contributed by atoms with Crippen LogP contribution < -0.4 is 0 Å². The quantitative estimate of drug-likeness (QED) is 0.522. The van der Waals surface area contributed by atoms with E-state index in [1.54, 1.807) is 0 Å². The zero-order chi connectivity index (χ0) is 9.61. The first-order valence-corrected chi connectivity index (χ1v) is 5.22. The summed E-state index contributed by atoms with van der Waals surface area (Å²) in [4.78, 5) is 0. The summed E-state index contributed by atoms with van der Waals surface area (Å²) >= 11 is 0. The van der Waals surface area contributed by atoms with Crippen LogP contribution in [-0.2, 0) is 10.1 Å². The van der Waals surface area contributed by atoms with E-state index in [0.717, 1.165) is 0 Å². The van der Waals surface area contributed by atoms with Gasteiger partial charge in [-0.1, -0.05) is 0 Å². The summed E-state index contributed by atoms with van der Waals surface area (Å²) in [5.41, 5.74) is 0. The van der Waals surface area contributed by atoms with Gasteiger partial charge in [-0.2, -0.15) is 8.42 Å². The lowest BCUT2D eigenvalue weighted by molar-refractivity contribution is 0.319. The first kappa shape index (κ1) is 11.8. The molecule has 0 heterocycles. The van der Waals surface area contributed by atoms with E-state index in [9.17, 15) is 17.2 Å². The molecule has 0 aromatic rings. The van der Waals surface area contributed by atoms with E-state index < -0.39 is 28.7 Å². The Kier molecular flexibility index (Phi) is 5.32. The van der Waals surface area contributed by atoms with E-state index in [0.29, 0.717) is 6.42 Å². The molecule has 0 radical (unpaired) electrons. The Hall–Kier alpha value is -0.230. The van der Waals surface area contributed by atoms with Crippen LogP contribution >= 0.6 is 0 Å². The molecule has 0 saturated heterocycles. The second-order valence-corrected chi connectivity index (χ2v) is 4.03. The molecule has 0 amide bonds. The predicted octanol–water partition coefficient (Wildman–Crippen LogP) is 1.35. The Bertz CT molecular complexity index is 203. The normalized spacial score (nSPS) is 14.6. The van der Waals surface area contributed by atoms with Crippen LogP contribution in [-0.4, -0.2) is 31.6 Å². The Morgan fingerprint density at radius 3 is 2.33 bits per heavy atom. The Morgan fingerprint density at radius 1 is 1.33 bits per heavy atom. The fraction of sp³-hybridized carbons (Fsp3) is 1.00. The molecular formula is C6H12F2O3S. The van der Waals surface area contributed by atoms with E-state index >= 15 is 0 Å². The largest absolute Gasteiger partial charge is 0.285 e. The minimum atomic E-state index is -4.23. The second kappa shape index (κ2) is 5.42. The van der Waals surface area contributed by atoms with Crippen LogP contribution in [0.4, 0.5) is 8.78 Å². The van der Waals surface area contributed by atoms with Gasteiger partial charge in [0.15, 0.2) is 0 Å². The number of halogens is 2. The van der Waals surface area contributed by atoms with Crippen molar-refractivity contribution in [2.24, 2.45) is 0 Å². The summed E-state index contributed by atoms with van der Waals surface area (Å²) < 4.78 is 52.5. The Morgan fingerprint density at radius 2 is 1.92 bits per heavy atom. The van der Waals surface area contributed by atoms with E-state index in [2.05, 4.69) is 0 Å². The average molecular weight is 202 g/mol. The molecule has 74 valence electrons. The van der Waals surface area contributed by atoms with E-state index in [4.69, 9.17) is 4.55 Å². The first-order chi connectivity index (χ1) is 5.45. The number of hydrogen-bond acceptors (Lipinski definition) is 2. The molecule has 0 aromatic carbocycles. The van der Waals surface area contributed by atoms with Gasteiger partial charge in [0.2, 0.25) is 0 Å². The maximum absolute atomic E-state index is 12.6. The molecule has 1 atom stereocenters. The first-order valence-electron chi connectivity index (χ1n) is 3.61. The zero-order valence-corrected chi connectivity index (χ0v) is 7.36.